The third-order valence-electron chi connectivity index (χ3n) is 2.95. The van der Waals surface area contributed by atoms with E-state index >= 15 is 0 Å². The van der Waals surface area contributed by atoms with E-state index in [1.165, 1.54) is 0 Å². The predicted octanol–water partition coefficient (Wildman–Crippen LogP) is 5.15. The molecule has 3 rings (SSSR count). The van der Waals surface area contributed by atoms with Gasteiger partial charge in [0.05, 0.1) is 17.8 Å². The van der Waals surface area contributed by atoms with E-state index < -0.39 is 0 Å². The van der Waals surface area contributed by atoms with Crippen LogP contribution in [-0.4, -0.2) is 12.2 Å². The van der Waals surface area contributed by atoms with Crippen molar-refractivity contribution in [2.75, 3.05) is 12.1 Å². The highest BCUT2D eigenvalue weighted by Gasteiger charge is 2.19. The molecule has 3 nitrogen and oxygen atoms in total. The number of thioether (sulfide) groups is 1. The number of hydrazone groups is 1. The summed E-state index contributed by atoms with van der Waals surface area (Å²) in [6.45, 7) is 0. The average Bonchev–Trinajstić information content (AvgIpc) is 3.00. The van der Waals surface area contributed by atoms with Crippen LogP contribution in [0, 0.1) is 5.88 Å². The number of nitrogens with zero attached hydrogens (tertiary/aromatic N) is 2. The molecule has 107 valence electrons. The maximum Gasteiger partial charge on any atom is 0.136 e. The fourth-order valence-corrected chi connectivity index (χ4v) is 3.06. The van der Waals surface area contributed by atoms with Crippen molar-refractivity contribution in [2.45, 2.75) is 0 Å². The Labute approximate surface area is 141 Å². The zero-order valence-corrected chi connectivity index (χ0v) is 14.2. The van der Waals surface area contributed by atoms with Crippen LogP contribution in [0.5, 0.6) is 5.75 Å². The lowest BCUT2D eigenvalue weighted by molar-refractivity contribution is 0.414. The summed E-state index contributed by atoms with van der Waals surface area (Å²) in [5.41, 5.74) is 1.95. The molecule has 0 N–H and O–H groups in total. The summed E-state index contributed by atoms with van der Waals surface area (Å²) < 4.78 is 6.12. The minimum absolute atomic E-state index is 0.663. The lowest BCUT2D eigenvalue weighted by Crippen LogP contribution is -2.06. The van der Waals surface area contributed by atoms with Gasteiger partial charge < -0.3 is 4.74 Å². The molecule has 1 aliphatic heterocycles. The van der Waals surface area contributed by atoms with Gasteiger partial charge in [-0.05, 0) is 46.3 Å². The maximum atomic E-state index is 6.13. The van der Waals surface area contributed by atoms with Gasteiger partial charge in [-0.15, -0.1) is 0 Å². The molecule has 0 unspecified atom stereocenters. The third kappa shape index (κ3) is 3.20. The molecule has 0 fully saturated rings. The first-order chi connectivity index (χ1) is 10.2. The van der Waals surface area contributed by atoms with Gasteiger partial charge >= 0.3 is 0 Å². The van der Waals surface area contributed by atoms with E-state index in [1.807, 2.05) is 53.4 Å². The van der Waals surface area contributed by atoms with E-state index in [0.29, 0.717) is 5.02 Å². The van der Waals surface area contributed by atoms with Gasteiger partial charge in [-0.25, -0.2) is 5.01 Å². The van der Waals surface area contributed by atoms with Crippen LogP contribution in [0.2, 0.25) is 5.02 Å². The molecule has 1 aliphatic rings. The zero-order chi connectivity index (χ0) is 14.8. The number of rotatable bonds is 3. The molecule has 0 saturated carbocycles. The van der Waals surface area contributed by atoms with Crippen molar-refractivity contribution in [3.8, 4) is 5.75 Å². The molecule has 1 heterocycles. The SMILES string of the molecule is COc1cccc(C2=NN(c3ccc(Br)c(Cl)c3)[CH]S2)c1. The van der Waals surface area contributed by atoms with Crippen molar-refractivity contribution < 1.29 is 4.74 Å². The quantitative estimate of drug-likeness (QED) is 0.734. The fraction of sp³-hybridized carbons (Fsp3) is 0.0667. The van der Waals surface area contributed by atoms with Crippen LogP contribution in [0.4, 0.5) is 5.69 Å². The highest BCUT2D eigenvalue weighted by atomic mass is 79.9. The van der Waals surface area contributed by atoms with Crippen molar-refractivity contribution in [1.82, 2.24) is 0 Å². The highest BCUT2D eigenvalue weighted by Crippen LogP contribution is 2.34. The lowest BCUT2D eigenvalue weighted by atomic mass is 10.2. The summed E-state index contributed by atoms with van der Waals surface area (Å²) >= 11 is 11.1. The molecule has 2 aromatic carbocycles. The Morgan fingerprint density at radius 2 is 2.10 bits per heavy atom. The van der Waals surface area contributed by atoms with E-state index in [-0.39, 0.29) is 0 Å². The zero-order valence-electron chi connectivity index (χ0n) is 11.1. The number of methoxy groups -OCH3 is 1. The van der Waals surface area contributed by atoms with Crippen LogP contribution in [0.1, 0.15) is 5.56 Å². The smallest absolute Gasteiger partial charge is 0.136 e. The number of hydrogen-bond donors (Lipinski definition) is 0. The first-order valence-corrected chi connectivity index (χ1v) is 8.20. The Kier molecular flexibility index (Phi) is 4.42. The molecule has 21 heavy (non-hydrogen) atoms. The number of ether oxygens (including phenoxy) is 1. The fourth-order valence-electron chi connectivity index (χ4n) is 1.87. The van der Waals surface area contributed by atoms with Crippen LogP contribution >= 0.6 is 39.3 Å². The second-order valence-electron chi connectivity index (χ2n) is 4.30. The van der Waals surface area contributed by atoms with Crippen molar-refractivity contribution in [3.63, 3.8) is 0 Å². The van der Waals surface area contributed by atoms with Gasteiger partial charge in [0.2, 0.25) is 0 Å². The van der Waals surface area contributed by atoms with Crippen LogP contribution in [0.15, 0.2) is 52.0 Å². The minimum atomic E-state index is 0.663. The molecule has 1 radical (unpaired) electrons. The Morgan fingerprint density at radius 3 is 2.86 bits per heavy atom. The van der Waals surface area contributed by atoms with Gasteiger partial charge in [-0.3, -0.25) is 0 Å². The van der Waals surface area contributed by atoms with Gasteiger partial charge in [0.1, 0.15) is 16.7 Å². The predicted molar refractivity (Wildman–Crippen MR) is 93.1 cm³/mol. The normalized spacial score (nSPS) is 14.2. The lowest BCUT2D eigenvalue weighted by Gasteiger charge is -2.12. The van der Waals surface area contributed by atoms with Crippen LogP contribution in [0.3, 0.4) is 0 Å². The van der Waals surface area contributed by atoms with E-state index in [2.05, 4.69) is 21.0 Å². The summed E-state index contributed by atoms with van der Waals surface area (Å²) in [4.78, 5) is 0. The molecular weight excluding hydrogens is 372 g/mol. The molecule has 0 atom stereocenters. The van der Waals surface area contributed by atoms with Crippen LogP contribution in [0.25, 0.3) is 0 Å². The Bertz CT molecular complexity index is 708. The Hall–Kier alpha value is -1.17. The van der Waals surface area contributed by atoms with E-state index in [1.54, 1.807) is 18.9 Å². The van der Waals surface area contributed by atoms with Crippen molar-refractivity contribution in [2.24, 2.45) is 5.10 Å². The van der Waals surface area contributed by atoms with Crippen molar-refractivity contribution in [1.29, 1.82) is 0 Å². The summed E-state index contributed by atoms with van der Waals surface area (Å²) in [6, 6.07) is 13.6. The molecular formula is C15H11BrClN2OS. The molecule has 0 aromatic heterocycles. The number of benzene rings is 2. The second-order valence-corrected chi connectivity index (χ2v) is 6.40. The van der Waals surface area contributed by atoms with E-state index in [0.717, 1.165) is 26.5 Å². The molecule has 2 aromatic rings. The van der Waals surface area contributed by atoms with Gasteiger partial charge in [-0.2, -0.15) is 5.10 Å². The monoisotopic (exact) mass is 381 g/mol. The standard InChI is InChI=1S/C15H11BrClN2OS/c1-20-12-4-2-3-10(7-12)15-18-19(9-21-15)11-5-6-13(16)14(17)8-11/h2-9H,1H3. The van der Waals surface area contributed by atoms with Gasteiger partial charge in [-0.1, -0.05) is 35.5 Å². The van der Waals surface area contributed by atoms with Crippen molar-refractivity contribution >= 4 is 50.0 Å². The number of anilines is 1. The third-order valence-corrected chi connectivity index (χ3v) is 5.03. The second kappa shape index (κ2) is 6.30. The van der Waals surface area contributed by atoms with Crippen LogP contribution < -0.4 is 9.75 Å². The molecule has 0 aliphatic carbocycles. The minimum Gasteiger partial charge on any atom is -0.497 e. The molecule has 6 heteroatoms. The largest absolute Gasteiger partial charge is 0.497 e. The van der Waals surface area contributed by atoms with Crippen LogP contribution in [-0.2, 0) is 0 Å². The first-order valence-electron chi connectivity index (χ1n) is 6.14. The van der Waals surface area contributed by atoms with E-state index in [4.69, 9.17) is 16.3 Å². The van der Waals surface area contributed by atoms with Crippen molar-refractivity contribution in [3.05, 3.63) is 63.4 Å². The number of hydrogen-bond acceptors (Lipinski definition) is 4. The molecule has 0 spiro atoms. The maximum absolute atomic E-state index is 6.13. The summed E-state index contributed by atoms with van der Waals surface area (Å²) in [7, 11) is 1.66. The first kappa shape index (κ1) is 14.8. The topological polar surface area (TPSA) is 24.8 Å². The highest BCUT2D eigenvalue weighted by molar-refractivity contribution is 9.10. The Morgan fingerprint density at radius 1 is 1.24 bits per heavy atom. The molecule has 0 bridgehead atoms. The Balaban J connectivity index is 1.87. The average molecular weight is 383 g/mol. The summed E-state index contributed by atoms with van der Waals surface area (Å²) in [6.07, 6.45) is 0. The van der Waals surface area contributed by atoms with Gasteiger partial charge in [0.25, 0.3) is 0 Å². The molecule has 0 amide bonds. The number of halogens is 2. The molecule has 0 saturated heterocycles. The van der Waals surface area contributed by atoms with Gasteiger partial charge in [0.15, 0.2) is 0 Å². The van der Waals surface area contributed by atoms with E-state index in [9.17, 15) is 0 Å². The van der Waals surface area contributed by atoms with Gasteiger partial charge in [0, 0.05) is 10.0 Å². The summed E-state index contributed by atoms with van der Waals surface area (Å²) in [5.74, 6) is 2.77. The summed E-state index contributed by atoms with van der Waals surface area (Å²) in [5, 5.41) is 8.01.